The summed E-state index contributed by atoms with van der Waals surface area (Å²) in [6.07, 6.45) is 8.23. The molecule has 0 bridgehead atoms. The molecule has 0 fully saturated rings. The van der Waals surface area contributed by atoms with E-state index in [1.54, 1.807) is 47.8 Å². The van der Waals surface area contributed by atoms with Crippen LogP contribution in [0.1, 0.15) is 42.7 Å². The van der Waals surface area contributed by atoms with Gasteiger partial charge in [0.05, 0.1) is 35.5 Å². The molecule has 2 amide bonds. The van der Waals surface area contributed by atoms with Crippen molar-refractivity contribution in [1.82, 2.24) is 24.7 Å². The Labute approximate surface area is 197 Å². The first-order valence-electron chi connectivity index (χ1n) is 10.8. The van der Waals surface area contributed by atoms with Crippen molar-refractivity contribution in [2.45, 2.75) is 33.7 Å². The quantitative estimate of drug-likeness (QED) is 0.442. The fraction of sp³-hybridized carbons (Fsp3) is 0.200. The third kappa shape index (κ3) is 5.15. The Bertz CT molecular complexity index is 1360. The minimum absolute atomic E-state index is 0.174. The van der Waals surface area contributed by atoms with E-state index in [-0.39, 0.29) is 17.9 Å². The number of amides is 2. The maximum atomic E-state index is 12.7. The highest BCUT2D eigenvalue weighted by molar-refractivity contribution is 6.04. The van der Waals surface area contributed by atoms with Crippen LogP contribution in [0.25, 0.3) is 22.5 Å². The van der Waals surface area contributed by atoms with E-state index < -0.39 is 0 Å². The maximum absolute atomic E-state index is 12.7. The van der Waals surface area contributed by atoms with Crippen molar-refractivity contribution < 1.29 is 9.59 Å². The molecule has 4 aromatic rings. The van der Waals surface area contributed by atoms with Gasteiger partial charge in [0, 0.05) is 42.2 Å². The minimum atomic E-state index is -0.233. The van der Waals surface area contributed by atoms with Gasteiger partial charge in [-0.2, -0.15) is 5.10 Å². The molecule has 2 N–H and O–H groups in total. The van der Waals surface area contributed by atoms with E-state index in [4.69, 9.17) is 4.98 Å². The van der Waals surface area contributed by atoms with Crippen LogP contribution in [0.3, 0.4) is 0 Å². The number of aryl methyl sites for hydroxylation is 1. The predicted octanol–water partition coefficient (Wildman–Crippen LogP) is 4.50. The van der Waals surface area contributed by atoms with E-state index in [2.05, 4.69) is 25.7 Å². The molecule has 0 spiro atoms. The molecular weight excluding hydrogens is 430 g/mol. The zero-order valence-corrected chi connectivity index (χ0v) is 19.4. The summed E-state index contributed by atoms with van der Waals surface area (Å²) < 4.78 is 1.74. The Morgan fingerprint density at radius 2 is 1.79 bits per heavy atom. The van der Waals surface area contributed by atoms with Crippen LogP contribution >= 0.6 is 0 Å². The topological polar surface area (TPSA) is 115 Å². The number of aromatic nitrogens is 5. The maximum Gasteiger partial charge on any atom is 0.258 e. The van der Waals surface area contributed by atoms with Crippen LogP contribution in [-0.4, -0.2) is 36.5 Å². The van der Waals surface area contributed by atoms with Gasteiger partial charge in [-0.3, -0.25) is 19.3 Å². The van der Waals surface area contributed by atoms with Crippen molar-refractivity contribution in [1.29, 1.82) is 0 Å². The van der Waals surface area contributed by atoms with Gasteiger partial charge in [-0.15, -0.1) is 0 Å². The summed E-state index contributed by atoms with van der Waals surface area (Å²) in [7, 11) is 0. The smallest absolute Gasteiger partial charge is 0.258 e. The molecule has 1 aromatic carbocycles. The fourth-order valence-electron chi connectivity index (χ4n) is 3.39. The number of rotatable bonds is 6. The Hall–Kier alpha value is -4.40. The monoisotopic (exact) mass is 455 g/mol. The average molecular weight is 456 g/mol. The van der Waals surface area contributed by atoms with Gasteiger partial charge in [-0.05, 0) is 50.6 Å². The second kappa shape index (κ2) is 9.62. The van der Waals surface area contributed by atoms with Crippen molar-refractivity contribution >= 4 is 23.3 Å². The molecule has 4 rings (SSSR count). The lowest BCUT2D eigenvalue weighted by atomic mass is 10.0. The molecule has 0 unspecified atom stereocenters. The lowest BCUT2D eigenvalue weighted by Gasteiger charge is -2.11. The molecule has 9 heteroatoms. The fourth-order valence-corrected chi connectivity index (χ4v) is 3.39. The van der Waals surface area contributed by atoms with Gasteiger partial charge in [0.25, 0.3) is 5.91 Å². The van der Waals surface area contributed by atoms with E-state index in [0.29, 0.717) is 28.5 Å². The second-order valence-electron chi connectivity index (χ2n) is 8.19. The molecule has 172 valence electrons. The first kappa shape index (κ1) is 22.8. The normalized spacial score (nSPS) is 10.9. The molecule has 0 radical (unpaired) electrons. The van der Waals surface area contributed by atoms with Crippen LogP contribution in [-0.2, 0) is 4.79 Å². The number of nitrogens with one attached hydrogen (secondary N) is 2. The largest absolute Gasteiger partial charge is 0.322 e. The van der Waals surface area contributed by atoms with Gasteiger partial charge in [0.2, 0.25) is 5.91 Å². The lowest BCUT2D eigenvalue weighted by molar-refractivity contribution is -0.114. The first-order valence-corrected chi connectivity index (χ1v) is 10.8. The molecule has 0 atom stereocenters. The van der Waals surface area contributed by atoms with Crippen molar-refractivity contribution in [3.05, 3.63) is 72.4 Å². The molecule has 9 nitrogen and oxygen atoms in total. The van der Waals surface area contributed by atoms with E-state index in [0.717, 1.165) is 16.7 Å². The highest BCUT2D eigenvalue weighted by Crippen LogP contribution is 2.27. The SMILES string of the molecule is CC(=O)Nc1cc(-c2cncc(-c3cc(NC(=O)c4cnn(C(C)C)c4)ccc3C)n2)ccn1. The Morgan fingerprint density at radius 3 is 2.53 bits per heavy atom. The van der Waals surface area contributed by atoms with Gasteiger partial charge in [0.15, 0.2) is 0 Å². The number of hydrogen-bond donors (Lipinski definition) is 2. The van der Waals surface area contributed by atoms with Gasteiger partial charge in [-0.1, -0.05) is 6.07 Å². The molecule has 0 aliphatic rings. The highest BCUT2D eigenvalue weighted by Gasteiger charge is 2.13. The minimum Gasteiger partial charge on any atom is -0.322 e. The summed E-state index contributed by atoms with van der Waals surface area (Å²) in [4.78, 5) is 37.3. The van der Waals surface area contributed by atoms with E-state index >= 15 is 0 Å². The van der Waals surface area contributed by atoms with Crippen LogP contribution < -0.4 is 10.6 Å². The molecule has 0 saturated heterocycles. The van der Waals surface area contributed by atoms with Crippen molar-refractivity contribution in [3.63, 3.8) is 0 Å². The molecule has 34 heavy (non-hydrogen) atoms. The number of carbonyl (C=O) groups is 2. The number of pyridine rings is 1. The molecule has 0 aliphatic carbocycles. The van der Waals surface area contributed by atoms with Crippen LogP contribution in [0.5, 0.6) is 0 Å². The van der Waals surface area contributed by atoms with Gasteiger partial charge in [-0.25, -0.2) is 9.97 Å². The van der Waals surface area contributed by atoms with Crippen LogP contribution in [0.15, 0.2) is 61.3 Å². The zero-order chi connectivity index (χ0) is 24.2. The van der Waals surface area contributed by atoms with Crippen molar-refractivity contribution in [3.8, 4) is 22.5 Å². The summed E-state index contributed by atoms with van der Waals surface area (Å²) >= 11 is 0. The number of benzene rings is 1. The van der Waals surface area contributed by atoms with Gasteiger partial charge < -0.3 is 10.6 Å². The highest BCUT2D eigenvalue weighted by atomic mass is 16.2. The van der Waals surface area contributed by atoms with Gasteiger partial charge >= 0.3 is 0 Å². The van der Waals surface area contributed by atoms with Gasteiger partial charge in [0.1, 0.15) is 5.82 Å². The van der Waals surface area contributed by atoms with Crippen molar-refractivity contribution in [2.24, 2.45) is 0 Å². The summed E-state index contributed by atoms with van der Waals surface area (Å²) in [6, 6.07) is 9.38. The van der Waals surface area contributed by atoms with Crippen molar-refractivity contribution in [2.75, 3.05) is 10.6 Å². The predicted molar refractivity (Wildman–Crippen MR) is 130 cm³/mol. The standard InChI is InChI=1S/C25H25N7O2/c1-15(2)32-14-19(11-28-32)25(34)30-20-6-5-16(3)21(10-20)23-13-26-12-22(31-23)18-7-8-27-24(9-18)29-17(4)33/h5-15H,1-4H3,(H,30,34)(H,27,29,33). The molecular formula is C25H25N7O2. The van der Waals surface area contributed by atoms with E-state index in [1.807, 2.05) is 39.0 Å². The summed E-state index contributed by atoms with van der Waals surface area (Å²) in [5.74, 6) is 0.0123. The zero-order valence-electron chi connectivity index (χ0n) is 19.4. The lowest BCUT2D eigenvalue weighted by Crippen LogP contribution is -2.11. The number of nitrogens with zero attached hydrogens (tertiary/aromatic N) is 5. The molecule has 0 saturated carbocycles. The molecule has 0 aliphatic heterocycles. The number of carbonyl (C=O) groups excluding carboxylic acids is 2. The molecule has 3 heterocycles. The Balaban J connectivity index is 1.61. The van der Waals surface area contributed by atoms with Crippen LogP contribution in [0.2, 0.25) is 0 Å². The average Bonchev–Trinajstić information content (AvgIpc) is 3.31. The summed E-state index contributed by atoms with van der Waals surface area (Å²) in [6.45, 7) is 7.41. The third-order valence-electron chi connectivity index (χ3n) is 5.16. The first-order chi connectivity index (χ1) is 16.3. The van der Waals surface area contributed by atoms with Crippen LogP contribution in [0, 0.1) is 6.92 Å². The number of hydrogen-bond acceptors (Lipinski definition) is 6. The Kier molecular flexibility index (Phi) is 6.44. The molecule has 3 aromatic heterocycles. The van der Waals surface area contributed by atoms with E-state index in [9.17, 15) is 9.59 Å². The Morgan fingerprint density at radius 1 is 1.00 bits per heavy atom. The second-order valence-corrected chi connectivity index (χ2v) is 8.19. The third-order valence-corrected chi connectivity index (χ3v) is 5.16. The van der Waals surface area contributed by atoms with Crippen LogP contribution in [0.4, 0.5) is 11.5 Å². The number of anilines is 2. The summed E-state index contributed by atoms with van der Waals surface area (Å²) in [5.41, 5.74) is 5.06. The van der Waals surface area contributed by atoms with E-state index in [1.165, 1.54) is 6.92 Å². The summed E-state index contributed by atoms with van der Waals surface area (Å²) in [5, 5.41) is 9.83.